The molecule has 0 fully saturated rings. The van der Waals surface area contributed by atoms with Gasteiger partial charge in [-0.3, -0.25) is 4.98 Å². The molecule has 0 N–H and O–H groups in total. The minimum Gasteiger partial charge on any atom is -0.462 e. The van der Waals surface area contributed by atoms with Crippen molar-refractivity contribution in [2.75, 3.05) is 6.61 Å². The maximum atomic E-state index is 11.9. The molecule has 1 aromatic carbocycles. The van der Waals surface area contributed by atoms with Crippen LogP contribution in [0.3, 0.4) is 0 Å². The van der Waals surface area contributed by atoms with Gasteiger partial charge in [-0.25, -0.2) is 9.79 Å². The molecule has 1 aliphatic carbocycles. The lowest BCUT2D eigenvalue weighted by Crippen LogP contribution is -2.07. The van der Waals surface area contributed by atoms with Crippen LogP contribution in [0.1, 0.15) is 41.3 Å². The van der Waals surface area contributed by atoms with Crippen LogP contribution in [0, 0.1) is 0 Å². The molecule has 0 spiro atoms. The van der Waals surface area contributed by atoms with Gasteiger partial charge in [0.15, 0.2) is 5.75 Å². The van der Waals surface area contributed by atoms with Crippen LogP contribution in [-0.2, 0) is 4.74 Å². The minimum atomic E-state index is -0.324. The fraction of sp³-hybridized carbons (Fsp3) is 0.190. The highest BCUT2D eigenvalue weighted by atomic mass is 16.5. The van der Waals surface area contributed by atoms with Crippen molar-refractivity contribution >= 4 is 11.7 Å². The maximum Gasteiger partial charge on any atom is 0.338 e. The van der Waals surface area contributed by atoms with Crippen LogP contribution in [0.15, 0.2) is 71.3 Å². The van der Waals surface area contributed by atoms with Crippen LogP contribution in [-0.4, -0.2) is 23.3 Å². The van der Waals surface area contributed by atoms with E-state index in [2.05, 4.69) is 11.1 Å². The molecule has 2 heterocycles. The number of pyridine rings is 1. The number of carbonyl (C=O) groups excluding carboxylic acids is 1. The Hall–Kier alpha value is -3.21. The van der Waals surface area contributed by atoms with E-state index >= 15 is 0 Å². The van der Waals surface area contributed by atoms with E-state index in [0.29, 0.717) is 17.9 Å². The smallest absolute Gasteiger partial charge is 0.338 e. The topological polar surface area (TPSA) is 60.8 Å². The van der Waals surface area contributed by atoms with Crippen LogP contribution >= 0.6 is 0 Å². The number of carbonyl (C=O) groups is 1. The van der Waals surface area contributed by atoms with Crippen molar-refractivity contribution in [3.8, 4) is 5.75 Å². The van der Waals surface area contributed by atoms with E-state index in [4.69, 9.17) is 14.5 Å². The number of benzene rings is 1. The number of aromatic nitrogens is 1. The van der Waals surface area contributed by atoms with Crippen molar-refractivity contribution in [2.24, 2.45) is 4.99 Å². The fourth-order valence-corrected chi connectivity index (χ4v) is 3.00. The summed E-state index contributed by atoms with van der Waals surface area (Å²) in [6.07, 6.45) is 9.29. The highest BCUT2D eigenvalue weighted by molar-refractivity contribution is 6.15. The zero-order valence-electron chi connectivity index (χ0n) is 14.4. The highest BCUT2D eigenvalue weighted by Crippen LogP contribution is 2.32. The molecule has 130 valence electrons. The van der Waals surface area contributed by atoms with Crippen molar-refractivity contribution in [2.45, 2.75) is 19.8 Å². The van der Waals surface area contributed by atoms with E-state index in [1.165, 1.54) is 0 Å². The van der Waals surface area contributed by atoms with Gasteiger partial charge in [0.2, 0.25) is 0 Å². The lowest BCUT2D eigenvalue weighted by Gasteiger charge is -2.12. The first kappa shape index (κ1) is 16.3. The van der Waals surface area contributed by atoms with Gasteiger partial charge >= 0.3 is 5.97 Å². The minimum absolute atomic E-state index is 0.324. The van der Waals surface area contributed by atoms with E-state index < -0.39 is 0 Å². The molecule has 2 aromatic rings. The number of esters is 1. The van der Waals surface area contributed by atoms with Crippen molar-refractivity contribution in [3.05, 3.63) is 83.0 Å². The molecule has 1 aliphatic heterocycles. The number of allylic oxidation sites excluding steroid dienone is 3. The lowest BCUT2D eigenvalue weighted by atomic mass is 10.0. The normalized spacial score (nSPS) is 15.3. The number of hydrogen-bond acceptors (Lipinski definition) is 5. The Morgan fingerprint density at radius 1 is 1.23 bits per heavy atom. The fourth-order valence-electron chi connectivity index (χ4n) is 3.00. The first-order valence-electron chi connectivity index (χ1n) is 8.64. The van der Waals surface area contributed by atoms with Crippen LogP contribution in [0.2, 0.25) is 0 Å². The summed E-state index contributed by atoms with van der Waals surface area (Å²) in [7, 11) is 0. The van der Waals surface area contributed by atoms with Gasteiger partial charge in [0.1, 0.15) is 11.5 Å². The average molecular weight is 346 g/mol. The van der Waals surface area contributed by atoms with E-state index in [9.17, 15) is 4.79 Å². The molecule has 0 saturated carbocycles. The summed E-state index contributed by atoms with van der Waals surface area (Å²) < 4.78 is 11.1. The largest absolute Gasteiger partial charge is 0.462 e. The molecule has 4 rings (SSSR count). The maximum absolute atomic E-state index is 11.9. The molecule has 0 saturated heterocycles. The number of nitrogens with zero attached hydrogens (tertiary/aromatic N) is 2. The average Bonchev–Trinajstić information content (AvgIpc) is 2.85. The quantitative estimate of drug-likeness (QED) is 0.787. The number of rotatable bonds is 3. The van der Waals surface area contributed by atoms with E-state index in [1.54, 1.807) is 31.5 Å². The van der Waals surface area contributed by atoms with Crippen molar-refractivity contribution in [3.63, 3.8) is 0 Å². The molecule has 0 amide bonds. The number of ether oxygens (including phenoxy) is 2. The molecule has 0 radical (unpaired) electrons. The van der Waals surface area contributed by atoms with Gasteiger partial charge in [-0.15, -0.1) is 0 Å². The third-order valence-corrected chi connectivity index (χ3v) is 4.27. The van der Waals surface area contributed by atoms with Crippen molar-refractivity contribution in [1.82, 2.24) is 4.98 Å². The second-order valence-electron chi connectivity index (χ2n) is 5.98. The molecule has 5 heteroatoms. The van der Waals surface area contributed by atoms with Gasteiger partial charge in [0, 0.05) is 23.7 Å². The second-order valence-corrected chi connectivity index (χ2v) is 5.98. The number of aliphatic imine (C=N–C) groups is 1. The lowest BCUT2D eigenvalue weighted by molar-refractivity contribution is 0.0526. The molecule has 0 unspecified atom stereocenters. The van der Waals surface area contributed by atoms with Crippen LogP contribution < -0.4 is 4.74 Å². The highest BCUT2D eigenvalue weighted by Gasteiger charge is 2.22. The summed E-state index contributed by atoms with van der Waals surface area (Å²) in [6, 6.07) is 9.18. The third-order valence-electron chi connectivity index (χ3n) is 4.27. The SMILES string of the molecule is CCOC(=O)c1ccc(C2=NC3=C(CCC=C3)Oc3cnccc32)cc1. The molecule has 0 bridgehead atoms. The zero-order chi connectivity index (χ0) is 17.9. The summed E-state index contributed by atoms with van der Waals surface area (Å²) in [6.45, 7) is 2.15. The predicted octanol–water partition coefficient (Wildman–Crippen LogP) is 4.05. The Morgan fingerprint density at radius 2 is 2.08 bits per heavy atom. The Balaban J connectivity index is 1.78. The van der Waals surface area contributed by atoms with E-state index in [0.717, 1.165) is 41.1 Å². The van der Waals surface area contributed by atoms with Crippen molar-refractivity contribution in [1.29, 1.82) is 0 Å². The summed E-state index contributed by atoms with van der Waals surface area (Å²) >= 11 is 0. The molecular formula is C21H18N2O3. The van der Waals surface area contributed by atoms with Gasteiger partial charge in [-0.2, -0.15) is 0 Å². The first-order valence-corrected chi connectivity index (χ1v) is 8.64. The van der Waals surface area contributed by atoms with Gasteiger partial charge in [-0.05, 0) is 37.6 Å². The Kier molecular flexibility index (Phi) is 4.35. The number of fused-ring (bicyclic) bond motifs is 1. The Morgan fingerprint density at radius 3 is 2.88 bits per heavy atom. The summed E-state index contributed by atoms with van der Waals surface area (Å²) in [5.41, 5.74) is 3.94. The predicted molar refractivity (Wildman–Crippen MR) is 98.3 cm³/mol. The standard InChI is InChI=1S/C21H18N2O3/c1-2-25-21(24)15-9-7-14(8-10-15)20-16-11-12-22-13-19(16)26-18-6-4-3-5-17(18)23-20/h3,5,7-13H,2,4,6H2,1H3. The van der Waals surface area contributed by atoms with Crippen LogP contribution in [0.4, 0.5) is 0 Å². The summed E-state index contributed by atoms with van der Waals surface area (Å²) in [5.74, 6) is 1.23. The Labute approximate surface area is 151 Å². The Bertz CT molecular complexity index is 940. The molecular weight excluding hydrogens is 328 g/mol. The molecule has 2 aliphatic rings. The van der Waals surface area contributed by atoms with Gasteiger partial charge in [0.25, 0.3) is 0 Å². The molecule has 0 atom stereocenters. The monoisotopic (exact) mass is 346 g/mol. The molecule has 26 heavy (non-hydrogen) atoms. The van der Waals surface area contributed by atoms with E-state index in [1.807, 2.05) is 24.3 Å². The first-order chi connectivity index (χ1) is 12.8. The van der Waals surface area contributed by atoms with Gasteiger partial charge in [-0.1, -0.05) is 18.2 Å². The van der Waals surface area contributed by atoms with Crippen molar-refractivity contribution < 1.29 is 14.3 Å². The third kappa shape index (κ3) is 3.04. The van der Waals surface area contributed by atoms with Gasteiger partial charge in [0.05, 0.1) is 24.1 Å². The zero-order valence-corrected chi connectivity index (χ0v) is 14.4. The van der Waals surface area contributed by atoms with Crippen LogP contribution in [0.5, 0.6) is 5.75 Å². The summed E-state index contributed by atoms with van der Waals surface area (Å²) in [4.78, 5) is 20.9. The summed E-state index contributed by atoms with van der Waals surface area (Å²) in [5, 5.41) is 0. The second kappa shape index (κ2) is 6.96. The van der Waals surface area contributed by atoms with Crippen LogP contribution in [0.25, 0.3) is 0 Å². The molecule has 1 aromatic heterocycles. The number of hydrogen-bond donors (Lipinski definition) is 0. The molecule has 5 nitrogen and oxygen atoms in total. The van der Waals surface area contributed by atoms with E-state index in [-0.39, 0.29) is 5.97 Å². The van der Waals surface area contributed by atoms with Gasteiger partial charge < -0.3 is 9.47 Å².